The Kier molecular flexibility index (Phi) is 7.64. The van der Waals surface area contributed by atoms with E-state index in [-0.39, 0.29) is 11.8 Å². The van der Waals surface area contributed by atoms with Gasteiger partial charge in [0, 0.05) is 0 Å². The average Bonchev–Trinajstić information content (AvgIpc) is 3.29. The summed E-state index contributed by atoms with van der Waals surface area (Å²) in [6.45, 7) is 4.54. The van der Waals surface area contributed by atoms with Crippen molar-refractivity contribution in [1.82, 2.24) is 19.5 Å². The molecule has 1 saturated heterocycles. The number of ether oxygens (including phenoxy) is 1. The number of nitrogen functional groups attached to an aromatic ring is 1. The van der Waals surface area contributed by atoms with Crippen molar-refractivity contribution in [2.24, 2.45) is 16.1 Å². The fourth-order valence-electron chi connectivity index (χ4n) is 3.67. The third-order valence-corrected chi connectivity index (χ3v) is 5.57. The molecule has 0 amide bonds. The lowest BCUT2D eigenvalue weighted by Crippen LogP contribution is -2.33. The van der Waals surface area contributed by atoms with Gasteiger partial charge in [0.2, 0.25) is 0 Å². The second-order valence-electron chi connectivity index (χ2n) is 7.63. The summed E-state index contributed by atoms with van der Waals surface area (Å²) in [4.78, 5) is 12.7. The van der Waals surface area contributed by atoms with E-state index in [1.807, 2.05) is 0 Å². The van der Waals surface area contributed by atoms with Gasteiger partial charge < -0.3 is 25.8 Å². The van der Waals surface area contributed by atoms with Crippen LogP contribution < -0.4 is 5.73 Å². The van der Waals surface area contributed by atoms with Crippen LogP contribution >= 0.6 is 0 Å². The zero-order chi connectivity index (χ0) is 21.7. The van der Waals surface area contributed by atoms with E-state index in [1.165, 1.54) is 30.2 Å². The van der Waals surface area contributed by atoms with Crippen molar-refractivity contribution in [2.75, 3.05) is 18.9 Å². The first-order valence-corrected chi connectivity index (χ1v) is 10.5. The van der Waals surface area contributed by atoms with Crippen LogP contribution in [0.3, 0.4) is 0 Å². The number of nitrogens with zero attached hydrogens (tertiary/aromatic N) is 6. The lowest BCUT2D eigenvalue weighted by molar-refractivity contribution is -0.0511. The Balaban J connectivity index is 1.75. The Bertz CT molecular complexity index is 859. The number of aliphatic hydroxyl groups excluding tert-OH is 3. The van der Waals surface area contributed by atoms with E-state index in [0.29, 0.717) is 23.6 Å². The van der Waals surface area contributed by atoms with Crippen LogP contribution in [0, 0.1) is 5.92 Å². The number of azo groups is 1. The number of hydrogen-bond acceptors (Lipinski definition) is 10. The maximum Gasteiger partial charge on any atom is 0.272 e. The average molecular weight is 422 g/mol. The molecule has 30 heavy (non-hydrogen) atoms. The molecule has 0 aliphatic carbocycles. The van der Waals surface area contributed by atoms with Crippen LogP contribution in [0.2, 0.25) is 0 Å². The molecule has 3 rings (SSSR count). The van der Waals surface area contributed by atoms with Gasteiger partial charge >= 0.3 is 0 Å². The Morgan fingerprint density at radius 3 is 2.70 bits per heavy atom. The predicted molar refractivity (Wildman–Crippen MR) is 110 cm³/mol. The Morgan fingerprint density at radius 1 is 1.23 bits per heavy atom. The molecule has 3 unspecified atom stereocenters. The highest BCUT2D eigenvalue weighted by Crippen LogP contribution is 2.32. The maximum absolute atomic E-state index is 10.3. The second kappa shape index (κ2) is 10.2. The van der Waals surface area contributed by atoms with E-state index in [0.717, 1.165) is 12.8 Å². The third-order valence-electron chi connectivity index (χ3n) is 5.57. The Morgan fingerprint density at radius 2 is 2.03 bits per heavy atom. The number of imidazole rings is 1. The predicted octanol–water partition coefficient (Wildman–Crippen LogP) is 1.71. The molecule has 1 aliphatic heterocycles. The van der Waals surface area contributed by atoms with Crippen LogP contribution in [0.5, 0.6) is 0 Å². The van der Waals surface area contributed by atoms with Gasteiger partial charge in [-0.05, 0) is 12.3 Å². The molecule has 3 heterocycles. The van der Waals surface area contributed by atoms with Crippen molar-refractivity contribution in [1.29, 1.82) is 0 Å². The number of aliphatic hydroxyl groups is 3. The fourth-order valence-corrected chi connectivity index (χ4v) is 3.67. The van der Waals surface area contributed by atoms with Gasteiger partial charge in [-0.2, -0.15) is 15.1 Å². The van der Waals surface area contributed by atoms with Gasteiger partial charge in [-0.25, -0.2) is 4.98 Å². The van der Waals surface area contributed by atoms with Crippen LogP contribution in [0.25, 0.3) is 11.2 Å². The SMILES string of the molecule is CCCCC(CC)CCN=Nc1nc(N)c2ncn([C@@H]3O[C@H](CO)C(O)C3O)c2n1. The highest BCUT2D eigenvalue weighted by molar-refractivity contribution is 5.82. The van der Waals surface area contributed by atoms with Gasteiger partial charge in [-0.15, -0.1) is 5.11 Å². The number of rotatable bonds is 10. The van der Waals surface area contributed by atoms with E-state index >= 15 is 0 Å². The smallest absolute Gasteiger partial charge is 0.272 e. The summed E-state index contributed by atoms with van der Waals surface area (Å²) >= 11 is 0. The molecule has 5 atom stereocenters. The van der Waals surface area contributed by atoms with Crippen LogP contribution in [0.1, 0.15) is 52.2 Å². The van der Waals surface area contributed by atoms with Crippen molar-refractivity contribution in [3.8, 4) is 0 Å². The molecule has 11 heteroatoms. The van der Waals surface area contributed by atoms with Gasteiger partial charge in [-0.1, -0.05) is 39.5 Å². The number of aromatic nitrogens is 4. The standard InChI is InChI=1S/C19H31N7O4/c1-3-5-6-11(4-2)7-8-22-25-19-23-16(20)13-17(24-19)26(10-21-13)18-15(29)14(28)12(9-27)30-18/h10-12,14-15,18,27-29H,3-9H2,1-2H3,(H2,20,23,24)/t11?,12-,14?,15?,18-/m1/s1. The highest BCUT2D eigenvalue weighted by Gasteiger charge is 2.44. The van der Waals surface area contributed by atoms with Crippen molar-refractivity contribution >= 4 is 22.9 Å². The zero-order valence-corrected chi connectivity index (χ0v) is 17.4. The minimum atomic E-state index is -1.25. The van der Waals surface area contributed by atoms with E-state index < -0.39 is 31.1 Å². The molecular formula is C19H31N7O4. The van der Waals surface area contributed by atoms with Crippen molar-refractivity contribution in [3.63, 3.8) is 0 Å². The van der Waals surface area contributed by atoms with E-state index in [4.69, 9.17) is 10.5 Å². The maximum atomic E-state index is 10.3. The molecule has 0 aromatic carbocycles. The summed E-state index contributed by atoms with van der Waals surface area (Å²) in [7, 11) is 0. The van der Waals surface area contributed by atoms with Crippen molar-refractivity contribution in [3.05, 3.63) is 6.33 Å². The van der Waals surface area contributed by atoms with Crippen molar-refractivity contribution in [2.45, 2.75) is 70.5 Å². The summed E-state index contributed by atoms with van der Waals surface area (Å²) in [6.07, 6.45) is 2.73. The summed E-state index contributed by atoms with van der Waals surface area (Å²) < 4.78 is 7.01. The number of fused-ring (bicyclic) bond motifs is 1. The minimum absolute atomic E-state index is 0.0927. The lowest BCUT2D eigenvalue weighted by atomic mass is 9.96. The van der Waals surface area contributed by atoms with Gasteiger partial charge in [-0.3, -0.25) is 4.57 Å². The van der Waals surface area contributed by atoms with Crippen LogP contribution in [0.15, 0.2) is 16.6 Å². The molecule has 1 fully saturated rings. The molecule has 2 aromatic rings. The quantitative estimate of drug-likeness (QED) is 0.421. The molecule has 0 bridgehead atoms. The van der Waals surface area contributed by atoms with Crippen LogP contribution in [-0.4, -0.2) is 66.3 Å². The molecule has 0 saturated carbocycles. The van der Waals surface area contributed by atoms with Crippen molar-refractivity contribution < 1.29 is 20.1 Å². The molecule has 5 N–H and O–H groups in total. The number of anilines is 1. The summed E-state index contributed by atoms with van der Waals surface area (Å²) in [5.74, 6) is 0.856. The largest absolute Gasteiger partial charge is 0.394 e. The molecule has 1 aliphatic rings. The first kappa shape index (κ1) is 22.5. The second-order valence-corrected chi connectivity index (χ2v) is 7.63. The fraction of sp³-hybridized carbons (Fsp3) is 0.737. The first-order chi connectivity index (χ1) is 14.5. The molecule has 11 nitrogen and oxygen atoms in total. The normalized spacial score (nSPS) is 25.5. The molecule has 0 spiro atoms. The number of hydrogen-bond donors (Lipinski definition) is 4. The number of unbranched alkanes of at least 4 members (excludes halogenated alkanes) is 1. The topological polar surface area (TPSA) is 164 Å². The summed E-state index contributed by atoms with van der Waals surface area (Å²) in [5.41, 5.74) is 6.63. The molecular weight excluding hydrogens is 390 g/mol. The van der Waals surface area contributed by atoms with Crippen LogP contribution in [-0.2, 0) is 4.74 Å². The van der Waals surface area contributed by atoms with Gasteiger partial charge in [0.15, 0.2) is 17.7 Å². The first-order valence-electron chi connectivity index (χ1n) is 10.5. The Hall–Kier alpha value is -2.21. The summed E-state index contributed by atoms with van der Waals surface area (Å²) in [5, 5.41) is 37.9. The monoisotopic (exact) mass is 421 g/mol. The number of nitrogens with two attached hydrogens (primary N) is 1. The highest BCUT2D eigenvalue weighted by atomic mass is 16.6. The van der Waals surface area contributed by atoms with Gasteiger partial charge in [0.25, 0.3) is 5.95 Å². The van der Waals surface area contributed by atoms with Gasteiger partial charge in [0.05, 0.1) is 19.5 Å². The molecule has 0 radical (unpaired) electrons. The van der Waals surface area contributed by atoms with E-state index in [9.17, 15) is 15.3 Å². The third kappa shape index (κ3) is 4.75. The van der Waals surface area contributed by atoms with Crippen LogP contribution in [0.4, 0.5) is 11.8 Å². The van der Waals surface area contributed by atoms with E-state index in [1.54, 1.807) is 0 Å². The molecule has 2 aromatic heterocycles. The van der Waals surface area contributed by atoms with E-state index in [2.05, 4.69) is 39.0 Å². The Labute approximate surface area is 175 Å². The summed E-state index contributed by atoms with van der Waals surface area (Å²) in [6, 6.07) is 0. The van der Waals surface area contributed by atoms with Gasteiger partial charge in [0.1, 0.15) is 23.8 Å². The zero-order valence-electron chi connectivity index (χ0n) is 17.4. The lowest BCUT2D eigenvalue weighted by Gasteiger charge is -2.16. The minimum Gasteiger partial charge on any atom is -0.394 e. The molecule has 166 valence electrons.